The van der Waals surface area contributed by atoms with Gasteiger partial charge in [0.05, 0.1) is 5.69 Å². The predicted molar refractivity (Wildman–Crippen MR) is 120 cm³/mol. The molecule has 0 amide bonds. The Morgan fingerprint density at radius 1 is 1.00 bits per heavy atom. The molecule has 0 atom stereocenters. The number of carbonyl (C=O) groups is 1. The lowest BCUT2D eigenvalue weighted by Gasteiger charge is -2.10. The van der Waals surface area contributed by atoms with Gasteiger partial charge in [0.1, 0.15) is 11.3 Å². The molecule has 156 valence electrons. The highest BCUT2D eigenvalue weighted by molar-refractivity contribution is 5.98. The molecule has 3 aromatic carbocycles. The molecular formula is C26H23FN2O2. The summed E-state index contributed by atoms with van der Waals surface area (Å²) in [5.74, 6) is -0.0187. The van der Waals surface area contributed by atoms with E-state index in [-0.39, 0.29) is 17.7 Å². The average molecular weight is 414 g/mol. The zero-order chi connectivity index (χ0) is 21.4. The standard InChI is InChI=1S/C26H23FN2O2/c1-16-6-12-23-24(14-16)31-26(29-23)28-22-13-11-20(15-21(22)27)17-7-9-19(10-8-17)25(30)18-4-2-3-5-18/h6-15,18H,2-5H2,1H3,(H,28,29). The Kier molecular flexibility index (Phi) is 5.02. The van der Waals surface area contributed by atoms with Gasteiger partial charge < -0.3 is 9.73 Å². The number of fused-ring (bicyclic) bond motifs is 1. The van der Waals surface area contributed by atoms with Crippen molar-refractivity contribution in [3.63, 3.8) is 0 Å². The van der Waals surface area contributed by atoms with E-state index in [1.165, 1.54) is 6.07 Å². The first kappa shape index (κ1) is 19.5. The Morgan fingerprint density at radius 2 is 1.74 bits per heavy atom. The lowest BCUT2D eigenvalue weighted by atomic mass is 9.94. The number of benzene rings is 3. The number of aryl methyl sites for hydroxylation is 1. The second kappa shape index (κ2) is 7.99. The number of aromatic nitrogens is 1. The van der Waals surface area contributed by atoms with E-state index in [2.05, 4.69) is 10.3 Å². The number of anilines is 2. The molecule has 31 heavy (non-hydrogen) atoms. The van der Waals surface area contributed by atoms with E-state index < -0.39 is 5.82 Å². The minimum absolute atomic E-state index is 0.157. The average Bonchev–Trinajstić information content (AvgIpc) is 3.44. The van der Waals surface area contributed by atoms with Crippen LogP contribution in [0, 0.1) is 18.7 Å². The fraction of sp³-hybridized carbons (Fsp3) is 0.231. The fourth-order valence-corrected chi connectivity index (χ4v) is 4.25. The van der Waals surface area contributed by atoms with Crippen LogP contribution in [0.15, 0.2) is 65.1 Å². The Balaban J connectivity index is 1.34. The smallest absolute Gasteiger partial charge is 0.300 e. The van der Waals surface area contributed by atoms with E-state index in [9.17, 15) is 9.18 Å². The van der Waals surface area contributed by atoms with Gasteiger partial charge in [-0.15, -0.1) is 0 Å². The van der Waals surface area contributed by atoms with Crippen LogP contribution in [-0.2, 0) is 0 Å². The Morgan fingerprint density at radius 3 is 2.48 bits per heavy atom. The molecule has 0 aliphatic heterocycles. The number of nitrogens with zero attached hydrogens (tertiary/aromatic N) is 1. The summed E-state index contributed by atoms with van der Waals surface area (Å²) in [4.78, 5) is 16.9. The molecule has 5 rings (SSSR count). The van der Waals surface area contributed by atoms with Crippen LogP contribution in [-0.4, -0.2) is 10.8 Å². The molecule has 4 nitrogen and oxygen atoms in total. The Bertz CT molecular complexity index is 1250. The van der Waals surface area contributed by atoms with Crippen LogP contribution >= 0.6 is 0 Å². The summed E-state index contributed by atoms with van der Waals surface area (Å²) in [7, 11) is 0. The molecule has 1 N–H and O–H groups in total. The molecular weight excluding hydrogens is 391 g/mol. The first-order chi connectivity index (χ1) is 15.1. The summed E-state index contributed by atoms with van der Waals surface area (Å²) in [6.45, 7) is 1.98. The quantitative estimate of drug-likeness (QED) is 0.355. The molecule has 0 radical (unpaired) electrons. The van der Waals surface area contributed by atoms with Crippen LogP contribution in [0.4, 0.5) is 16.1 Å². The van der Waals surface area contributed by atoms with Crippen molar-refractivity contribution in [3.05, 3.63) is 77.6 Å². The molecule has 0 unspecified atom stereocenters. The van der Waals surface area contributed by atoms with Crippen LogP contribution < -0.4 is 5.32 Å². The van der Waals surface area contributed by atoms with E-state index >= 15 is 0 Å². The number of Topliss-reactive ketones (excluding diaryl/α,β-unsaturated/α-hetero) is 1. The van der Waals surface area contributed by atoms with Crippen molar-refractivity contribution in [1.82, 2.24) is 4.98 Å². The second-order valence-electron chi connectivity index (χ2n) is 8.23. The number of rotatable bonds is 5. The van der Waals surface area contributed by atoms with E-state index in [4.69, 9.17) is 4.42 Å². The summed E-state index contributed by atoms with van der Waals surface area (Å²) in [6, 6.07) is 18.4. The number of ketones is 1. The topological polar surface area (TPSA) is 55.1 Å². The van der Waals surface area contributed by atoms with Gasteiger partial charge in [-0.3, -0.25) is 4.79 Å². The zero-order valence-corrected chi connectivity index (χ0v) is 17.3. The lowest BCUT2D eigenvalue weighted by Crippen LogP contribution is -2.10. The van der Waals surface area contributed by atoms with Gasteiger partial charge in [-0.05, 0) is 60.7 Å². The number of nitrogens with one attached hydrogen (secondary N) is 1. The first-order valence-electron chi connectivity index (χ1n) is 10.7. The third kappa shape index (κ3) is 3.96. The fourth-order valence-electron chi connectivity index (χ4n) is 4.25. The summed E-state index contributed by atoms with van der Waals surface area (Å²) in [6.07, 6.45) is 4.24. The van der Waals surface area contributed by atoms with Crippen molar-refractivity contribution >= 4 is 28.6 Å². The predicted octanol–water partition coefficient (Wildman–Crippen LogP) is 7.06. The van der Waals surface area contributed by atoms with Gasteiger partial charge in [-0.2, -0.15) is 4.98 Å². The Labute approximate surface area is 180 Å². The van der Waals surface area contributed by atoms with Crippen molar-refractivity contribution in [1.29, 1.82) is 0 Å². The van der Waals surface area contributed by atoms with Crippen LogP contribution in [0.2, 0.25) is 0 Å². The van der Waals surface area contributed by atoms with Gasteiger partial charge in [0.25, 0.3) is 6.01 Å². The molecule has 5 heteroatoms. The minimum atomic E-state index is -0.401. The molecule has 0 bridgehead atoms. The summed E-state index contributed by atoms with van der Waals surface area (Å²) >= 11 is 0. The highest BCUT2D eigenvalue weighted by atomic mass is 19.1. The molecule has 1 aliphatic carbocycles. The third-order valence-corrected chi connectivity index (χ3v) is 5.98. The maximum Gasteiger partial charge on any atom is 0.300 e. The molecule has 0 saturated heterocycles. The number of hydrogen-bond acceptors (Lipinski definition) is 4. The summed E-state index contributed by atoms with van der Waals surface area (Å²) in [5, 5.41) is 2.92. The van der Waals surface area contributed by atoms with Gasteiger partial charge in [-0.25, -0.2) is 4.39 Å². The highest BCUT2D eigenvalue weighted by Crippen LogP contribution is 2.30. The van der Waals surface area contributed by atoms with Gasteiger partial charge in [0, 0.05) is 11.5 Å². The second-order valence-corrected chi connectivity index (χ2v) is 8.23. The van der Waals surface area contributed by atoms with Gasteiger partial charge in [-0.1, -0.05) is 49.2 Å². The van der Waals surface area contributed by atoms with Crippen LogP contribution in [0.1, 0.15) is 41.6 Å². The number of hydrogen-bond donors (Lipinski definition) is 1. The molecule has 1 saturated carbocycles. The Hall–Kier alpha value is -3.47. The van der Waals surface area contributed by atoms with Gasteiger partial charge >= 0.3 is 0 Å². The van der Waals surface area contributed by atoms with Crippen LogP contribution in [0.3, 0.4) is 0 Å². The van der Waals surface area contributed by atoms with E-state index in [0.29, 0.717) is 11.3 Å². The minimum Gasteiger partial charge on any atom is -0.423 e. The number of halogens is 1. The van der Waals surface area contributed by atoms with Crippen molar-refractivity contribution in [2.45, 2.75) is 32.6 Å². The lowest BCUT2D eigenvalue weighted by molar-refractivity contribution is 0.0923. The van der Waals surface area contributed by atoms with E-state index in [1.54, 1.807) is 6.07 Å². The van der Waals surface area contributed by atoms with Gasteiger partial charge in [0.2, 0.25) is 0 Å². The maximum absolute atomic E-state index is 14.8. The summed E-state index contributed by atoms with van der Waals surface area (Å²) < 4.78 is 20.4. The molecule has 1 heterocycles. The zero-order valence-electron chi connectivity index (χ0n) is 17.3. The van der Waals surface area contributed by atoms with Crippen molar-refractivity contribution in [2.75, 3.05) is 5.32 Å². The molecule has 1 fully saturated rings. The molecule has 0 spiro atoms. The summed E-state index contributed by atoms with van der Waals surface area (Å²) in [5.41, 5.74) is 5.09. The monoisotopic (exact) mass is 414 g/mol. The SMILES string of the molecule is Cc1ccc2nc(Nc3ccc(-c4ccc(C(=O)C5CCCC5)cc4)cc3F)oc2c1. The largest absolute Gasteiger partial charge is 0.423 e. The molecule has 4 aromatic rings. The number of carbonyl (C=O) groups excluding carboxylic acids is 1. The van der Waals surface area contributed by atoms with Crippen molar-refractivity contribution < 1.29 is 13.6 Å². The van der Waals surface area contributed by atoms with Crippen LogP contribution in [0.5, 0.6) is 0 Å². The van der Waals surface area contributed by atoms with Crippen LogP contribution in [0.25, 0.3) is 22.2 Å². The highest BCUT2D eigenvalue weighted by Gasteiger charge is 2.23. The van der Waals surface area contributed by atoms with Gasteiger partial charge in [0.15, 0.2) is 11.4 Å². The molecule has 1 aromatic heterocycles. The normalized spacial score (nSPS) is 14.3. The van der Waals surface area contributed by atoms with Crippen molar-refractivity contribution in [2.24, 2.45) is 5.92 Å². The maximum atomic E-state index is 14.8. The van der Waals surface area contributed by atoms with Crippen molar-refractivity contribution in [3.8, 4) is 11.1 Å². The number of oxazole rings is 1. The first-order valence-corrected chi connectivity index (χ1v) is 10.7. The van der Waals surface area contributed by atoms with E-state index in [1.807, 2.05) is 55.5 Å². The third-order valence-electron chi connectivity index (χ3n) is 5.98. The van der Waals surface area contributed by atoms with E-state index in [0.717, 1.165) is 53.5 Å². The molecule has 1 aliphatic rings.